The van der Waals surface area contributed by atoms with E-state index < -0.39 is 11.6 Å². The highest BCUT2D eigenvalue weighted by molar-refractivity contribution is 7.14. The number of rotatable bonds is 5. The lowest BCUT2D eigenvalue weighted by Gasteiger charge is -2.26. The minimum absolute atomic E-state index is 0.0896. The van der Waals surface area contributed by atoms with Gasteiger partial charge in [0, 0.05) is 24.2 Å². The number of allylic oxidation sites excluding steroid dienone is 1. The number of amides is 1. The Morgan fingerprint density at radius 3 is 2.62 bits per heavy atom. The van der Waals surface area contributed by atoms with Gasteiger partial charge in [-0.3, -0.25) is 4.79 Å². The van der Waals surface area contributed by atoms with Gasteiger partial charge in [-0.25, -0.2) is 8.78 Å². The standard InChI is InChI=1S/C23H20F2N2OS/c1-15-12-27(13-17-7-8-19(24)20(25)9-17)14-22-18(15)10-21(29-22)23(28)26-11-16-5-3-2-4-6-16/h2-10,12H,11,13-14H2,1H3,(H,26,28). The SMILES string of the molecule is CC1=CN(Cc2ccc(F)c(F)c2)Cc2sc(C(=O)NCc3ccccc3)cc21. The third kappa shape index (κ3) is 4.38. The van der Waals surface area contributed by atoms with E-state index in [0.29, 0.717) is 30.1 Å². The number of carbonyl (C=O) groups is 1. The molecule has 0 fully saturated rings. The fourth-order valence-corrected chi connectivity index (χ4v) is 4.57. The zero-order valence-electron chi connectivity index (χ0n) is 15.9. The summed E-state index contributed by atoms with van der Waals surface area (Å²) in [6.45, 7) is 3.58. The average Bonchev–Trinajstić information content (AvgIpc) is 3.15. The van der Waals surface area contributed by atoms with E-state index in [-0.39, 0.29) is 5.91 Å². The molecule has 29 heavy (non-hydrogen) atoms. The summed E-state index contributed by atoms with van der Waals surface area (Å²) in [5.41, 5.74) is 3.87. The van der Waals surface area contributed by atoms with Gasteiger partial charge in [0.2, 0.25) is 0 Å². The smallest absolute Gasteiger partial charge is 0.261 e. The number of thiophene rings is 1. The first-order chi connectivity index (χ1) is 14.0. The number of benzene rings is 2. The summed E-state index contributed by atoms with van der Waals surface area (Å²) >= 11 is 1.47. The zero-order chi connectivity index (χ0) is 20.4. The van der Waals surface area contributed by atoms with Gasteiger partial charge in [0.25, 0.3) is 5.91 Å². The monoisotopic (exact) mass is 410 g/mol. The number of halogens is 2. The Morgan fingerprint density at radius 1 is 1.07 bits per heavy atom. The highest BCUT2D eigenvalue weighted by atomic mass is 32.1. The van der Waals surface area contributed by atoms with E-state index in [0.717, 1.165) is 27.6 Å². The van der Waals surface area contributed by atoms with Crippen molar-refractivity contribution < 1.29 is 13.6 Å². The van der Waals surface area contributed by atoms with Crippen LogP contribution in [0.2, 0.25) is 0 Å². The maximum absolute atomic E-state index is 13.5. The van der Waals surface area contributed by atoms with Crippen LogP contribution in [0.3, 0.4) is 0 Å². The molecule has 0 saturated carbocycles. The first-order valence-electron chi connectivity index (χ1n) is 9.31. The maximum Gasteiger partial charge on any atom is 0.261 e. The van der Waals surface area contributed by atoms with Crippen LogP contribution in [0, 0.1) is 11.6 Å². The second-order valence-corrected chi connectivity index (χ2v) is 8.22. The van der Waals surface area contributed by atoms with Crippen molar-refractivity contribution in [3.8, 4) is 0 Å². The van der Waals surface area contributed by atoms with Gasteiger partial charge in [-0.2, -0.15) is 0 Å². The Morgan fingerprint density at radius 2 is 1.86 bits per heavy atom. The summed E-state index contributed by atoms with van der Waals surface area (Å²) in [6.07, 6.45) is 2.00. The highest BCUT2D eigenvalue weighted by Crippen LogP contribution is 2.34. The van der Waals surface area contributed by atoms with E-state index in [2.05, 4.69) is 5.32 Å². The van der Waals surface area contributed by atoms with Gasteiger partial charge >= 0.3 is 0 Å². The normalized spacial score (nSPS) is 13.1. The number of nitrogens with zero attached hydrogens (tertiary/aromatic N) is 1. The van der Waals surface area contributed by atoms with E-state index >= 15 is 0 Å². The molecule has 1 aromatic heterocycles. The van der Waals surface area contributed by atoms with Gasteiger partial charge in [0.05, 0.1) is 11.4 Å². The lowest BCUT2D eigenvalue weighted by Crippen LogP contribution is -2.21. The first kappa shape index (κ1) is 19.3. The Labute approximate surface area is 172 Å². The molecule has 2 heterocycles. The highest BCUT2D eigenvalue weighted by Gasteiger charge is 2.21. The van der Waals surface area contributed by atoms with Crippen LogP contribution in [0.15, 0.2) is 60.8 Å². The van der Waals surface area contributed by atoms with Gasteiger partial charge in [-0.05, 0) is 47.4 Å². The van der Waals surface area contributed by atoms with Crippen molar-refractivity contribution >= 4 is 22.8 Å². The summed E-state index contributed by atoms with van der Waals surface area (Å²) in [7, 11) is 0. The molecule has 0 radical (unpaired) electrons. The van der Waals surface area contributed by atoms with E-state index in [1.807, 2.05) is 54.4 Å². The predicted octanol–water partition coefficient (Wildman–Crippen LogP) is 5.33. The van der Waals surface area contributed by atoms with Gasteiger partial charge in [-0.15, -0.1) is 11.3 Å². The summed E-state index contributed by atoms with van der Waals surface area (Å²) in [5.74, 6) is -1.77. The molecule has 1 N–H and O–H groups in total. The second kappa shape index (κ2) is 8.17. The molecule has 4 rings (SSSR count). The largest absolute Gasteiger partial charge is 0.368 e. The third-order valence-electron chi connectivity index (χ3n) is 4.85. The fourth-order valence-electron chi connectivity index (χ4n) is 3.40. The minimum Gasteiger partial charge on any atom is -0.368 e. The van der Waals surface area contributed by atoms with Crippen LogP contribution in [0.5, 0.6) is 0 Å². The van der Waals surface area contributed by atoms with E-state index in [1.165, 1.54) is 17.4 Å². The molecule has 0 bridgehead atoms. The van der Waals surface area contributed by atoms with Gasteiger partial charge in [0.15, 0.2) is 11.6 Å². The van der Waals surface area contributed by atoms with Crippen molar-refractivity contribution in [2.75, 3.05) is 0 Å². The van der Waals surface area contributed by atoms with Crippen LogP contribution >= 0.6 is 11.3 Å². The average molecular weight is 410 g/mol. The van der Waals surface area contributed by atoms with Crippen molar-refractivity contribution in [2.45, 2.75) is 26.6 Å². The van der Waals surface area contributed by atoms with E-state index in [9.17, 15) is 13.6 Å². The molecule has 0 unspecified atom stereocenters. The molecule has 2 aromatic carbocycles. The van der Waals surface area contributed by atoms with Gasteiger partial charge < -0.3 is 10.2 Å². The summed E-state index contributed by atoms with van der Waals surface area (Å²) in [4.78, 5) is 16.4. The molecule has 1 amide bonds. The number of nitrogens with one attached hydrogen (secondary N) is 1. The Kier molecular flexibility index (Phi) is 5.45. The molecular formula is C23H20F2N2OS. The first-order valence-corrected chi connectivity index (χ1v) is 10.1. The lowest BCUT2D eigenvalue weighted by molar-refractivity contribution is 0.0955. The second-order valence-electron chi connectivity index (χ2n) is 7.08. The molecule has 1 aliphatic rings. The van der Waals surface area contributed by atoms with Gasteiger partial charge in [-0.1, -0.05) is 36.4 Å². The van der Waals surface area contributed by atoms with Crippen molar-refractivity contribution in [2.24, 2.45) is 0 Å². The van der Waals surface area contributed by atoms with Crippen molar-refractivity contribution in [1.29, 1.82) is 0 Å². The van der Waals surface area contributed by atoms with E-state index in [4.69, 9.17) is 0 Å². The number of hydrogen-bond donors (Lipinski definition) is 1. The fraction of sp³-hybridized carbons (Fsp3) is 0.174. The Bertz CT molecular complexity index is 1080. The molecule has 1 aliphatic heterocycles. The van der Waals surface area contributed by atoms with Crippen LogP contribution in [-0.2, 0) is 19.6 Å². The lowest BCUT2D eigenvalue weighted by atomic mass is 10.0. The van der Waals surface area contributed by atoms with Gasteiger partial charge in [0.1, 0.15) is 0 Å². The Hall–Kier alpha value is -2.99. The van der Waals surface area contributed by atoms with Crippen LogP contribution in [0.1, 0.15) is 38.2 Å². The summed E-state index contributed by atoms with van der Waals surface area (Å²) < 4.78 is 26.6. The molecule has 0 saturated heterocycles. The predicted molar refractivity (Wildman–Crippen MR) is 111 cm³/mol. The molecule has 148 valence electrons. The van der Waals surface area contributed by atoms with Crippen LogP contribution in [0.25, 0.3) is 5.57 Å². The Balaban J connectivity index is 1.45. The number of carbonyl (C=O) groups excluding carboxylic acids is 1. The van der Waals surface area contributed by atoms with Crippen molar-refractivity contribution in [1.82, 2.24) is 10.2 Å². The van der Waals surface area contributed by atoms with Crippen LogP contribution in [-0.4, -0.2) is 10.8 Å². The molecule has 0 aliphatic carbocycles. The minimum atomic E-state index is -0.842. The molecule has 3 nitrogen and oxygen atoms in total. The third-order valence-corrected chi connectivity index (χ3v) is 5.96. The molecule has 3 aromatic rings. The molecule has 0 spiro atoms. The van der Waals surface area contributed by atoms with Crippen LogP contribution < -0.4 is 5.32 Å². The number of hydrogen-bond acceptors (Lipinski definition) is 3. The van der Waals surface area contributed by atoms with Crippen LogP contribution in [0.4, 0.5) is 8.78 Å². The van der Waals surface area contributed by atoms with Crippen molar-refractivity contribution in [3.63, 3.8) is 0 Å². The maximum atomic E-state index is 13.5. The molecular weight excluding hydrogens is 390 g/mol. The summed E-state index contributed by atoms with van der Waals surface area (Å²) in [5, 5.41) is 2.96. The van der Waals surface area contributed by atoms with E-state index in [1.54, 1.807) is 6.07 Å². The summed E-state index contributed by atoms with van der Waals surface area (Å²) in [6, 6.07) is 15.7. The molecule has 0 atom stereocenters. The zero-order valence-corrected chi connectivity index (χ0v) is 16.7. The topological polar surface area (TPSA) is 32.3 Å². The quantitative estimate of drug-likeness (QED) is 0.616. The number of fused-ring (bicyclic) bond motifs is 1. The van der Waals surface area contributed by atoms with Crippen molar-refractivity contribution in [3.05, 3.63) is 98.9 Å². The molecule has 6 heteroatoms.